The number of aliphatic carboxylic acids is 1. The SMILES string of the molecule is CCC(C)C(NC(=O)c1cnc(C)cn1)C(=O)O. The molecule has 0 aliphatic heterocycles. The van der Waals surface area contributed by atoms with Crippen LogP contribution in [0, 0.1) is 12.8 Å². The van der Waals surface area contributed by atoms with Crippen molar-refractivity contribution in [2.24, 2.45) is 5.92 Å². The second kappa shape index (κ2) is 6.09. The minimum absolute atomic E-state index is 0.121. The highest BCUT2D eigenvalue weighted by atomic mass is 16.4. The van der Waals surface area contributed by atoms with Crippen molar-refractivity contribution in [3.63, 3.8) is 0 Å². The molecule has 0 radical (unpaired) electrons. The second-order valence-electron chi connectivity index (χ2n) is 4.22. The normalized spacial score (nSPS) is 13.7. The van der Waals surface area contributed by atoms with Gasteiger partial charge in [0, 0.05) is 6.20 Å². The number of carbonyl (C=O) groups excluding carboxylic acids is 1. The van der Waals surface area contributed by atoms with Crippen LogP contribution in [0.15, 0.2) is 12.4 Å². The molecule has 0 aromatic carbocycles. The van der Waals surface area contributed by atoms with Gasteiger partial charge in [-0.3, -0.25) is 9.78 Å². The number of hydrogen-bond acceptors (Lipinski definition) is 4. The van der Waals surface area contributed by atoms with E-state index < -0.39 is 17.9 Å². The number of rotatable bonds is 5. The van der Waals surface area contributed by atoms with Crippen LogP contribution in [0.5, 0.6) is 0 Å². The summed E-state index contributed by atoms with van der Waals surface area (Å²) in [6.45, 7) is 5.41. The van der Waals surface area contributed by atoms with Crippen LogP contribution >= 0.6 is 0 Å². The standard InChI is InChI=1S/C12H17N3O3/c1-4-7(2)10(12(17)18)15-11(16)9-6-13-8(3)5-14-9/h5-7,10H,4H2,1-3H3,(H,15,16)(H,17,18). The molecule has 18 heavy (non-hydrogen) atoms. The first-order chi connectivity index (χ1) is 8.45. The fourth-order valence-corrected chi connectivity index (χ4v) is 1.41. The third-order valence-electron chi connectivity index (χ3n) is 2.78. The van der Waals surface area contributed by atoms with Crippen molar-refractivity contribution in [3.05, 3.63) is 23.8 Å². The molecule has 0 aliphatic carbocycles. The Hall–Kier alpha value is -1.98. The monoisotopic (exact) mass is 251 g/mol. The maximum absolute atomic E-state index is 11.8. The van der Waals surface area contributed by atoms with Gasteiger partial charge in [-0.15, -0.1) is 0 Å². The van der Waals surface area contributed by atoms with Gasteiger partial charge in [-0.25, -0.2) is 9.78 Å². The van der Waals surface area contributed by atoms with Crippen molar-refractivity contribution >= 4 is 11.9 Å². The van der Waals surface area contributed by atoms with Crippen LogP contribution in [0.2, 0.25) is 0 Å². The van der Waals surface area contributed by atoms with E-state index in [2.05, 4.69) is 15.3 Å². The number of nitrogens with one attached hydrogen (secondary N) is 1. The summed E-state index contributed by atoms with van der Waals surface area (Å²) in [5.41, 5.74) is 0.818. The van der Waals surface area contributed by atoms with Gasteiger partial charge in [0.1, 0.15) is 11.7 Å². The molecule has 1 rings (SSSR count). The number of carbonyl (C=O) groups is 2. The van der Waals surface area contributed by atoms with Crippen LogP contribution in [-0.4, -0.2) is 33.0 Å². The van der Waals surface area contributed by atoms with Crippen molar-refractivity contribution in [2.75, 3.05) is 0 Å². The number of amides is 1. The molecule has 1 amide bonds. The molecule has 2 unspecified atom stereocenters. The molecule has 0 saturated heterocycles. The highest BCUT2D eigenvalue weighted by Crippen LogP contribution is 2.08. The van der Waals surface area contributed by atoms with Crippen molar-refractivity contribution in [2.45, 2.75) is 33.2 Å². The Bertz CT molecular complexity index is 431. The maximum atomic E-state index is 11.8. The molecule has 6 heteroatoms. The molecule has 6 nitrogen and oxygen atoms in total. The van der Waals surface area contributed by atoms with Gasteiger partial charge in [0.15, 0.2) is 0 Å². The van der Waals surface area contributed by atoms with Crippen LogP contribution in [0.4, 0.5) is 0 Å². The average molecular weight is 251 g/mol. The Morgan fingerprint density at radius 1 is 1.39 bits per heavy atom. The van der Waals surface area contributed by atoms with Crippen LogP contribution in [0.1, 0.15) is 36.5 Å². The van der Waals surface area contributed by atoms with Gasteiger partial charge in [-0.05, 0) is 12.8 Å². The summed E-state index contributed by atoms with van der Waals surface area (Å²) >= 11 is 0. The lowest BCUT2D eigenvalue weighted by molar-refractivity contribution is -0.140. The first-order valence-corrected chi connectivity index (χ1v) is 5.78. The number of aryl methyl sites for hydroxylation is 1. The highest BCUT2D eigenvalue weighted by molar-refractivity contribution is 5.94. The van der Waals surface area contributed by atoms with Gasteiger partial charge < -0.3 is 10.4 Å². The molecule has 1 aromatic heterocycles. The summed E-state index contributed by atoms with van der Waals surface area (Å²) in [7, 11) is 0. The Morgan fingerprint density at radius 3 is 2.50 bits per heavy atom. The largest absolute Gasteiger partial charge is 0.480 e. The van der Waals surface area contributed by atoms with E-state index in [1.807, 2.05) is 6.92 Å². The fraction of sp³-hybridized carbons (Fsp3) is 0.500. The van der Waals surface area contributed by atoms with Gasteiger partial charge in [-0.2, -0.15) is 0 Å². The van der Waals surface area contributed by atoms with Gasteiger partial charge in [0.2, 0.25) is 0 Å². The Balaban J connectivity index is 2.78. The zero-order valence-electron chi connectivity index (χ0n) is 10.7. The lowest BCUT2D eigenvalue weighted by Crippen LogP contribution is -2.45. The lowest BCUT2D eigenvalue weighted by Gasteiger charge is -2.19. The lowest BCUT2D eigenvalue weighted by atomic mass is 9.99. The summed E-state index contributed by atoms with van der Waals surface area (Å²) in [5.74, 6) is -1.71. The summed E-state index contributed by atoms with van der Waals surface area (Å²) < 4.78 is 0. The molecule has 0 fully saturated rings. The Morgan fingerprint density at radius 2 is 2.06 bits per heavy atom. The van der Waals surface area contributed by atoms with E-state index in [9.17, 15) is 9.59 Å². The topological polar surface area (TPSA) is 92.2 Å². The third-order valence-corrected chi connectivity index (χ3v) is 2.78. The highest BCUT2D eigenvalue weighted by Gasteiger charge is 2.26. The number of carboxylic acid groups (broad SMARTS) is 1. The van der Waals surface area contributed by atoms with Crippen molar-refractivity contribution < 1.29 is 14.7 Å². The smallest absolute Gasteiger partial charge is 0.326 e. The third kappa shape index (κ3) is 3.51. The zero-order valence-corrected chi connectivity index (χ0v) is 10.7. The van der Waals surface area contributed by atoms with E-state index >= 15 is 0 Å². The van der Waals surface area contributed by atoms with E-state index in [0.717, 1.165) is 0 Å². The molecular weight excluding hydrogens is 234 g/mol. The minimum Gasteiger partial charge on any atom is -0.480 e. The first kappa shape index (κ1) is 14.1. The van der Waals surface area contributed by atoms with Crippen LogP contribution in [-0.2, 0) is 4.79 Å². The van der Waals surface area contributed by atoms with E-state index in [0.29, 0.717) is 12.1 Å². The summed E-state index contributed by atoms with van der Waals surface area (Å²) in [5, 5.41) is 11.5. The predicted octanol–water partition coefficient (Wildman–Crippen LogP) is 1.01. The molecule has 2 atom stereocenters. The Labute approximate surface area is 105 Å². The number of nitrogens with zero attached hydrogens (tertiary/aromatic N) is 2. The molecule has 98 valence electrons. The summed E-state index contributed by atoms with van der Waals surface area (Å²) in [6.07, 6.45) is 3.46. The number of carboxylic acids is 1. The molecule has 0 spiro atoms. The van der Waals surface area contributed by atoms with Crippen molar-refractivity contribution in [3.8, 4) is 0 Å². The Kier molecular flexibility index (Phi) is 4.76. The van der Waals surface area contributed by atoms with Gasteiger partial charge >= 0.3 is 5.97 Å². The summed E-state index contributed by atoms with van der Waals surface area (Å²) in [6, 6.07) is -0.911. The molecule has 1 heterocycles. The molecule has 0 saturated carbocycles. The quantitative estimate of drug-likeness (QED) is 0.815. The predicted molar refractivity (Wildman–Crippen MR) is 65.1 cm³/mol. The van der Waals surface area contributed by atoms with Gasteiger partial charge in [0.05, 0.1) is 11.9 Å². The number of hydrogen-bond donors (Lipinski definition) is 2. The molecule has 1 aromatic rings. The van der Waals surface area contributed by atoms with Crippen molar-refractivity contribution in [1.82, 2.24) is 15.3 Å². The van der Waals surface area contributed by atoms with Crippen LogP contribution in [0.25, 0.3) is 0 Å². The minimum atomic E-state index is -1.04. The fourth-order valence-electron chi connectivity index (χ4n) is 1.41. The van der Waals surface area contributed by atoms with E-state index in [-0.39, 0.29) is 11.6 Å². The van der Waals surface area contributed by atoms with E-state index in [1.54, 1.807) is 13.8 Å². The molecule has 2 N–H and O–H groups in total. The van der Waals surface area contributed by atoms with Crippen LogP contribution in [0.3, 0.4) is 0 Å². The van der Waals surface area contributed by atoms with Gasteiger partial charge in [0.25, 0.3) is 5.91 Å². The zero-order chi connectivity index (χ0) is 13.7. The van der Waals surface area contributed by atoms with Crippen LogP contribution < -0.4 is 5.32 Å². The number of aromatic nitrogens is 2. The molecule has 0 aliphatic rings. The first-order valence-electron chi connectivity index (χ1n) is 5.78. The molecule has 0 bridgehead atoms. The van der Waals surface area contributed by atoms with Crippen molar-refractivity contribution in [1.29, 1.82) is 0 Å². The average Bonchev–Trinajstić information content (AvgIpc) is 2.35. The van der Waals surface area contributed by atoms with E-state index in [4.69, 9.17) is 5.11 Å². The second-order valence-corrected chi connectivity index (χ2v) is 4.22. The molecular formula is C12H17N3O3. The summed E-state index contributed by atoms with van der Waals surface area (Å²) in [4.78, 5) is 30.7. The maximum Gasteiger partial charge on any atom is 0.326 e. The van der Waals surface area contributed by atoms with Gasteiger partial charge in [-0.1, -0.05) is 20.3 Å². The van der Waals surface area contributed by atoms with E-state index in [1.165, 1.54) is 12.4 Å².